The Hall–Kier alpha value is -1.36. The Morgan fingerprint density at radius 3 is 2.62 bits per heavy atom. The molecule has 16 heavy (non-hydrogen) atoms. The Bertz CT molecular complexity index is 604. The molecule has 0 spiro atoms. The molecule has 0 radical (unpaired) electrons. The lowest BCUT2D eigenvalue weighted by atomic mass is 10.1. The standard InChI is InChI=1S/C11H9BrFNO2/c1-5-6(2)14(11(15)16)8-4-3-7(13)10(12)9(5)8/h3-4H,1-2H3,(H,15,16). The minimum Gasteiger partial charge on any atom is -0.464 e. The highest BCUT2D eigenvalue weighted by Crippen LogP contribution is 2.33. The second-order valence-electron chi connectivity index (χ2n) is 3.58. The first-order valence-electron chi connectivity index (χ1n) is 4.64. The van der Waals surface area contributed by atoms with Crippen LogP contribution < -0.4 is 0 Å². The Morgan fingerprint density at radius 2 is 2.06 bits per heavy atom. The quantitative estimate of drug-likeness (QED) is 0.802. The van der Waals surface area contributed by atoms with Gasteiger partial charge in [0, 0.05) is 11.1 Å². The van der Waals surface area contributed by atoms with Crippen LogP contribution in [0.5, 0.6) is 0 Å². The fourth-order valence-electron chi connectivity index (χ4n) is 1.86. The summed E-state index contributed by atoms with van der Waals surface area (Å²) >= 11 is 3.15. The summed E-state index contributed by atoms with van der Waals surface area (Å²) in [4.78, 5) is 11.1. The molecule has 1 aromatic heterocycles. The molecule has 0 unspecified atom stereocenters. The monoisotopic (exact) mass is 285 g/mol. The van der Waals surface area contributed by atoms with Crippen LogP contribution in [0.4, 0.5) is 9.18 Å². The van der Waals surface area contributed by atoms with Gasteiger partial charge in [0.1, 0.15) is 5.82 Å². The van der Waals surface area contributed by atoms with Gasteiger partial charge in [-0.3, -0.25) is 0 Å². The predicted octanol–water partition coefficient (Wildman–Crippen LogP) is 3.69. The SMILES string of the molecule is Cc1c(C)n(C(=O)O)c2ccc(F)c(Br)c12. The van der Waals surface area contributed by atoms with E-state index in [1.165, 1.54) is 12.1 Å². The Balaban J connectivity index is 3.01. The van der Waals surface area contributed by atoms with Crippen LogP contribution >= 0.6 is 15.9 Å². The summed E-state index contributed by atoms with van der Waals surface area (Å²) in [7, 11) is 0. The van der Waals surface area contributed by atoms with Crippen molar-refractivity contribution in [1.29, 1.82) is 0 Å². The molecule has 0 aliphatic heterocycles. The smallest absolute Gasteiger partial charge is 0.416 e. The molecule has 1 aromatic carbocycles. The van der Waals surface area contributed by atoms with Crippen molar-refractivity contribution in [3.63, 3.8) is 0 Å². The van der Waals surface area contributed by atoms with Gasteiger partial charge in [-0.2, -0.15) is 0 Å². The Kier molecular flexibility index (Phi) is 2.50. The molecule has 1 N–H and O–H groups in total. The third kappa shape index (κ3) is 1.35. The minimum absolute atomic E-state index is 0.311. The number of halogens is 2. The molecule has 0 saturated carbocycles. The van der Waals surface area contributed by atoms with Crippen LogP contribution in [0.2, 0.25) is 0 Å². The summed E-state index contributed by atoms with van der Waals surface area (Å²) in [5.74, 6) is -0.391. The summed E-state index contributed by atoms with van der Waals surface area (Å²) in [6.07, 6.45) is -1.06. The maximum Gasteiger partial charge on any atom is 0.416 e. The van der Waals surface area contributed by atoms with E-state index in [9.17, 15) is 9.18 Å². The fourth-order valence-corrected chi connectivity index (χ4v) is 2.49. The first-order valence-corrected chi connectivity index (χ1v) is 5.43. The van der Waals surface area contributed by atoms with E-state index in [1.807, 2.05) is 0 Å². The van der Waals surface area contributed by atoms with Crippen molar-refractivity contribution in [3.8, 4) is 0 Å². The van der Waals surface area contributed by atoms with Gasteiger partial charge in [0.25, 0.3) is 0 Å². The maximum absolute atomic E-state index is 13.4. The molecule has 0 saturated heterocycles. The lowest BCUT2D eigenvalue weighted by molar-refractivity contribution is 0.197. The van der Waals surface area contributed by atoms with Gasteiger partial charge in [0.05, 0.1) is 9.99 Å². The van der Waals surface area contributed by atoms with Gasteiger partial charge in [-0.25, -0.2) is 13.8 Å². The van der Waals surface area contributed by atoms with E-state index in [1.54, 1.807) is 13.8 Å². The zero-order valence-electron chi connectivity index (χ0n) is 8.71. The van der Waals surface area contributed by atoms with Crippen molar-refractivity contribution >= 4 is 32.9 Å². The largest absolute Gasteiger partial charge is 0.464 e. The van der Waals surface area contributed by atoms with Crippen LogP contribution in [-0.4, -0.2) is 15.8 Å². The van der Waals surface area contributed by atoms with Crippen LogP contribution in [0.25, 0.3) is 10.9 Å². The van der Waals surface area contributed by atoms with Crippen molar-refractivity contribution in [2.24, 2.45) is 0 Å². The fraction of sp³-hybridized carbons (Fsp3) is 0.182. The van der Waals surface area contributed by atoms with Crippen LogP contribution in [-0.2, 0) is 0 Å². The van der Waals surface area contributed by atoms with Gasteiger partial charge in [-0.05, 0) is 47.5 Å². The Labute approximate surface area is 99.6 Å². The molecule has 0 atom stereocenters. The Morgan fingerprint density at radius 1 is 1.44 bits per heavy atom. The molecular weight excluding hydrogens is 277 g/mol. The van der Waals surface area contributed by atoms with Gasteiger partial charge < -0.3 is 5.11 Å². The number of carbonyl (C=O) groups is 1. The summed E-state index contributed by atoms with van der Waals surface area (Å²) in [5.41, 5.74) is 1.87. The molecule has 0 aliphatic rings. The van der Waals surface area contributed by atoms with Gasteiger partial charge in [0.2, 0.25) is 0 Å². The number of rotatable bonds is 0. The second-order valence-corrected chi connectivity index (χ2v) is 4.38. The van der Waals surface area contributed by atoms with Crippen molar-refractivity contribution in [2.75, 3.05) is 0 Å². The lowest BCUT2D eigenvalue weighted by Gasteiger charge is -2.01. The summed E-state index contributed by atoms with van der Waals surface area (Å²) in [6.45, 7) is 3.48. The molecule has 5 heteroatoms. The van der Waals surface area contributed by atoms with E-state index >= 15 is 0 Å². The summed E-state index contributed by atoms with van der Waals surface area (Å²) in [6, 6.07) is 2.73. The zero-order valence-corrected chi connectivity index (χ0v) is 10.3. The van der Waals surface area contributed by atoms with E-state index < -0.39 is 11.9 Å². The summed E-state index contributed by atoms with van der Waals surface area (Å²) < 4.78 is 14.8. The second kappa shape index (κ2) is 3.59. The molecular formula is C11H9BrFNO2. The number of carboxylic acid groups (broad SMARTS) is 1. The van der Waals surface area contributed by atoms with E-state index in [2.05, 4.69) is 15.9 Å². The number of nitrogens with zero attached hydrogens (tertiary/aromatic N) is 1. The minimum atomic E-state index is -1.06. The van der Waals surface area contributed by atoms with E-state index in [0.29, 0.717) is 21.1 Å². The molecule has 2 aromatic rings. The highest BCUT2D eigenvalue weighted by Gasteiger charge is 2.18. The average Bonchev–Trinajstić information content (AvgIpc) is 2.46. The van der Waals surface area contributed by atoms with E-state index in [0.717, 1.165) is 10.1 Å². The number of benzene rings is 1. The van der Waals surface area contributed by atoms with Crippen LogP contribution in [0.3, 0.4) is 0 Å². The molecule has 2 rings (SSSR count). The maximum atomic E-state index is 13.4. The van der Waals surface area contributed by atoms with Crippen molar-refractivity contribution in [2.45, 2.75) is 13.8 Å². The van der Waals surface area contributed by atoms with Gasteiger partial charge in [0.15, 0.2) is 0 Å². The van der Waals surface area contributed by atoms with E-state index in [-0.39, 0.29) is 0 Å². The normalized spacial score (nSPS) is 11.0. The molecule has 0 fully saturated rings. The number of aryl methyl sites for hydroxylation is 1. The number of hydrogen-bond acceptors (Lipinski definition) is 1. The van der Waals surface area contributed by atoms with Crippen molar-refractivity contribution in [1.82, 2.24) is 4.57 Å². The number of aromatic nitrogens is 1. The highest BCUT2D eigenvalue weighted by atomic mass is 79.9. The molecule has 1 heterocycles. The topological polar surface area (TPSA) is 42.2 Å². The third-order valence-electron chi connectivity index (χ3n) is 2.76. The van der Waals surface area contributed by atoms with Crippen LogP contribution in [0.1, 0.15) is 11.3 Å². The van der Waals surface area contributed by atoms with Crippen molar-refractivity contribution < 1.29 is 14.3 Å². The van der Waals surface area contributed by atoms with Gasteiger partial charge >= 0.3 is 6.09 Å². The molecule has 84 valence electrons. The van der Waals surface area contributed by atoms with Crippen LogP contribution in [0, 0.1) is 19.7 Å². The first-order chi connectivity index (χ1) is 7.45. The molecule has 0 bridgehead atoms. The van der Waals surface area contributed by atoms with Crippen LogP contribution in [0.15, 0.2) is 16.6 Å². The highest BCUT2D eigenvalue weighted by molar-refractivity contribution is 9.10. The van der Waals surface area contributed by atoms with Gasteiger partial charge in [-0.1, -0.05) is 0 Å². The van der Waals surface area contributed by atoms with Gasteiger partial charge in [-0.15, -0.1) is 0 Å². The number of fused-ring (bicyclic) bond motifs is 1. The zero-order chi connectivity index (χ0) is 12.0. The summed E-state index contributed by atoms with van der Waals surface area (Å²) in [5, 5.41) is 9.70. The molecule has 0 aliphatic carbocycles. The first kappa shape index (κ1) is 11.1. The lowest BCUT2D eigenvalue weighted by Crippen LogP contribution is -2.09. The number of hydrogen-bond donors (Lipinski definition) is 1. The molecule has 0 amide bonds. The van der Waals surface area contributed by atoms with E-state index in [4.69, 9.17) is 5.11 Å². The molecule has 3 nitrogen and oxygen atoms in total. The van der Waals surface area contributed by atoms with Crippen molar-refractivity contribution in [3.05, 3.63) is 33.7 Å². The average molecular weight is 286 g/mol. The third-order valence-corrected chi connectivity index (χ3v) is 3.53. The predicted molar refractivity (Wildman–Crippen MR) is 62.5 cm³/mol.